The summed E-state index contributed by atoms with van der Waals surface area (Å²) < 4.78 is 12.5. The molecular weight excluding hydrogens is 418 g/mol. The molecule has 0 bridgehead atoms. The van der Waals surface area contributed by atoms with Crippen LogP contribution in [0.15, 0.2) is 54.6 Å². The average Bonchev–Trinajstić information content (AvgIpc) is 3.16. The third kappa shape index (κ3) is 5.92. The van der Waals surface area contributed by atoms with Gasteiger partial charge in [0, 0.05) is 6.54 Å². The van der Waals surface area contributed by atoms with Crippen molar-refractivity contribution in [3.63, 3.8) is 0 Å². The van der Waals surface area contributed by atoms with Gasteiger partial charge >= 0.3 is 0 Å². The van der Waals surface area contributed by atoms with E-state index in [0.717, 1.165) is 11.3 Å². The molecule has 0 aliphatic heterocycles. The molecule has 0 radical (unpaired) electrons. The highest BCUT2D eigenvalue weighted by molar-refractivity contribution is 5.77. The van der Waals surface area contributed by atoms with Crippen LogP contribution < -0.4 is 20.5 Å². The molecule has 1 amide bonds. The van der Waals surface area contributed by atoms with Crippen molar-refractivity contribution in [2.45, 2.75) is 19.8 Å². The maximum atomic E-state index is 12.2. The molecule has 8 heteroatoms. The number of allylic oxidation sites excluding steroid dienone is 1. The zero-order chi connectivity index (χ0) is 23.6. The van der Waals surface area contributed by atoms with Crippen LogP contribution in [0, 0.1) is 11.3 Å². The number of carbonyl (C=O) groups is 1. The second kappa shape index (κ2) is 11.4. The number of anilines is 1. The number of para-hydroxylation sites is 1. The molecule has 3 N–H and O–H groups in total. The van der Waals surface area contributed by atoms with E-state index in [0.29, 0.717) is 48.0 Å². The summed E-state index contributed by atoms with van der Waals surface area (Å²) in [6, 6.07) is 17.1. The van der Waals surface area contributed by atoms with Gasteiger partial charge in [-0.1, -0.05) is 36.4 Å². The fraction of sp³-hybridized carbons (Fsp3) is 0.240. The van der Waals surface area contributed by atoms with Crippen molar-refractivity contribution in [1.29, 1.82) is 5.26 Å². The number of hydrogen-bond donors (Lipinski definition) is 2. The van der Waals surface area contributed by atoms with E-state index >= 15 is 0 Å². The van der Waals surface area contributed by atoms with Crippen LogP contribution in [-0.4, -0.2) is 35.9 Å². The molecule has 3 aromatic rings. The number of rotatable bonds is 10. The summed E-state index contributed by atoms with van der Waals surface area (Å²) in [5, 5.41) is 16.8. The van der Waals surface area contributed by atoms with E-state index in [4.69, 9.17) is 15.2 Å². The molecule has 0 saturated heterocycles. The summed E-state index contributed by atoms with van der Waals surface area (Å²) in [4.78, 5) is 12.2. The number of nitrogens with two attached hydrogens (primary N) is 1. The number of nitriles is 1. The molecule has 0 aliphatic rings. The Bertz CT molecular complexity index is 1160. The van der Waals surface area contributed by atoms with E-state index in [1.54, 1.807) is 17.9 Å². The lowest BCUT2D eigenvalue weighted by Crippen LogP contribution is -2.30. The van der Waals surface area contributed by atoms with Crippen LogP contribution in [0.4, 0.5) is 5.82 Å². The van der Waals surface area contributed by atoms with Gasteiger partial charge in [-0.25, -0.2) is 4.68 Å². The van der Waals surface area contributed by atoms with E-state index in [9.17, 15) is 10.1 Å². The molecule has 0 atom stereocenters. The highest BCUT2D eigenvalue weighted by atomic mass is 16.5. The first-order valence-electron chi connectivity index (χ1n) is 10.6. The van der Waals surface area contributed by atoms with E-state index < -0.39 is 0 Å². The highest BCUT2D eigenvalue weighted by Gasteiger charge is 2.16. The third-order valence-corrected chi connectivity index (χ3v) is 4.92. The van der Waals surface area contributed by atoms with Crippen molar-refractivity contribution in [2.75, 3.05) is 26.0 Å². The normalized spacial score (nSPS) is 10.7. The number of nitrogens with one attached hydrogen (secondary N) is 1. The largest absolute Gasteiger partial charge is 0.493 e. The molecule has 8 nitrogen and oxygen atoms in total. The Hall–Kier alpha value is -4.25. The predicted molar refractivity (Wildman–Crippen MR) is 127 cm³/mol. The van der Waals surface area contributed by atoms with Gasteiger partial charge in [0.05, 0.1) is 18.5 Å². The Morgan fingerprint density at radius 2 is 2.03 bits per heavy atom. The molecule has 0 aliphatic carbocycles. The van der Waals surface area contributed by atoms with Crippen molar-refractivity contribution in [1.82, 2.24) is 15.1 Å². The molecule has 1 heterocycles. The minimum Gasteiger partial charge on any atom is -0.493 e. The Labute approximate surface area is 193 Å². The van der Waals surface area contributed by atoms with E-state index in [-0.39, 0.29) is 12.5 Å². The van der Waals surface area contributed by atoms with Gasteiger partial charge in [0.15, 0.2) is 18.1 Å². The van der Waals surface area contributed by atoms with Crippen molar-refractivity contribution < 1.29 is 14.3 Å². The van der Waals surface area contributed by atoms with Crippen LogP contribution in [0.2, 0.25) is 0 Å². The molecule has 3 rings (SSSR count). The molecule has 0 unspecified atom stereocenters. The van der Waals surface area contributed by atoms with Crippen LogP contribution in [0.5, 0.6) is 11.5 Å². The fourth-order valence-electron chi connectivity index (χ4n) is 3.32. The van der Waals surface area contributed by atoms with Gasteiger partial charge in [0.1, 0.15) is 17.5 Å². The second-order valence-corrected chi connectivity index (χ2v) is 7.22. The Morgan fingerprint density at radius 1 is 1.24 bits per heavy atom. The number of benzene rings is 2. The molecule has 33 heavy (non-hydrogen) atoms. The van der Waals surface area contributed by atoms with E-state index in [1.807, 2.05) is 61.5 Å². The maximum Gasteiger partial charge on any atom is 0.257 e. The zero-order valence-corrected chi connectivity index (χ0v) is 18.7. The smallest absolute Gasteiger partial charge is 0.257 e. The third-order valence-electron chi connectivity index (χ3n) is 4.92. The van der Waals surface area contributed by atoms with Gasteiger partial charge in [-0.15, -0.1) is 0 Å². The van der Waals surface area contributed by atoms with Crippen LogP contribution in [0.1, 0.15) is 30.2 Å². The van der Waals surface area contributed by atoms with Crippen molar-refractivity contribution in [3.8, 4) is 23.3 Å². The van der Waals surface area contributed by atoms with Crippen molar-refractivity contribution in [2.24, 2.45) is 0 Å². The van der Waals surface area contributed by atoms with Crippen molar-refractivity contribution in [3.05, 3.63) is 71.4 Å². The van der Waals surface area contributed by atoms with Crippen LogP contribution in [-0.2, 0) is 11.2 Å². The van der Waals surface area contributed by atoms with Crippen molar-refractivity contribution >= 4 is 17.8 Å². The molecule has 0 fully saturated rings. The van der Waals surface area contributed by atoms with E-state index in [2.05, 4.69) is 16.5 Å². The monoisotopic (exact) mass is 445 g/mol. The maximum absolute atomic E-state index is 12.2. The molecule has 1 aromatic heterocycles. The van der Waals surface area contributed by atoms with Gasteiger partial charge < -0.3 is 20.5 Å². The first-order valence-corrected chi connectivity index (χ1v) is 10.6. The number of nitrogens with zero attached hydrogens (tertiary/aromatic N) is 3. The zero-order valence-electron chi connectivity index (χ0n) is 18.7. The van der Waals surface area contributed by atoms with E-state index in [1.165, 1.54) is 0 Å². The summed E-state index contributed by atoms with van der Waals surface area (Å²) in [7, 11) is 1.56. The predicted octanol–water partition coefficient (Wildman–Crippen LogP) is 3.50. The second-order valence-electron chi connectivity index (χ2n) is 7.22. The van der Waals surface area contributed by atoms with Gasteiger partial charge in [0.25, 0.3) is 5.91 Å². The number of nitrogen functional groups attached to an aromatic ring is 1. The lowest BCUT2D eigenvalue weighted by atomic mass is 10.1. The van der Waals surface area contributed by atoms with Gasteiger partial charge in [-0.3, -0.25) is 4.79 Å². The number of carbonyl (C=O) groups excluding carboxylic acids is 1. The average molecular weight is 446 g/mol. The summed E-state index contributed by atoms with van der Waals surface area (Å²) in [5.41, 5.74) is 8.86. The highest BCUT2D eigenvalue weighted by Crippen LogP contribution is 2.28. The fourth-order valence-corrected chi connectivity index (χ4v) is 3.32. The Kier molecular flexibility index (Phi) is 8.08. The lowest BCUT2D eigenvalue weighted by molar-refractivity contribution is -0.123. The Morgan fingerprint density at radius 3 is 2.73 bits per heavy atom. The topological polar surface area (TPSA) is 115 Å². The first kappa shape index (κ1) is 23.4. The first-order chi connectivity index (χ1) is 16.1. The molecule has 0 spiro atoms. The molecule has 2 aromatic carbocycles. The van der Waals surface area contributed by atoms with Gasteiger partial charge in [0.2, 0.25) is 0 Å². The number of aryl methyl sites for hydroxylation is 1. The molecular formula is C25H27N5O3. The number of aromatic nitrogens is 2. The van der Waals surface area contributed by atoms with Crippen LogP contribution >= 0.6 is 0 Å². The molecule has 170 valence electrons. The number of hydrogen-bond acceptors (Lipinski definition) is 6. The Balaban J connectivity index is 1.51. The SMILES string of the molecule is C/C=C/c1ccc(OCC(=O)NCCCc2nn(-c3ccccc3)c(N)c2C#N)c(OC)c1. The minimum atomic E-state index is -0.246. The van der Waals surface area contributed by atoms with Gasteiger partial charge in [-0.2, -0.15) is 10.4 Å². The summed E-state index contributed by atoms with van der Waals surface area (Å²) >= 11 is 0. The standard InChI is InChI=1S/C25H27N5O3/c1-3-8-18-12-13-22(23(15-18)32-2)33-17-24(31)28-14-7-11-21-20(16-26)25(27)30(29-21)19-9-5-4-6-10-19/h3-6,8-10,12-13,15H,7,11,14,17,27H2,1-2H3,(H,28,31)/b8-3+. The number of methoxy groups -OCH3 is 1. The quantitative estimate of drug-likeness (QED) is 0.462. The summed E-state index contributed by atoms with van der Waals surface area (Å²) in [5.74, 6) is 1.13. The number of amides is 1. The summed E-state index contributed by atoms with van der Waals surface area (Å²) in [6.45, 7) is 2.23. The number of ether oxygens (including phenoxy) is 2. The minimum absolute atomic E-state index is 0.127. The lowest BCUT2D eigenvalue weighted by Gasteiger charge is -2.11. The molecule has 0 saturated carbocycles. The van der Waals surface area contributed by atoms with Gasteiger partial charge in [-0.05, 0) is 49.6 Å². The van der Waals surface area contributed by atoms with Crippen LogP contribution in [0.3, 0.4) is 0 Å². The summed E-state index contributed by atoms with van der Waals surface area (Å²) in [6.07, 6.45) is 5.00. The van der Waals surface area contributed by atoms with Crippen LogP contribution in [0.25, 0.3) is 11.8 Å².